The number of aromatic amines is 1. The molecule has 5 nitrogen and oxygen atoms in total. The Morgan fingerprint density at radius 2 is 1.85 bits per heavy atom. The van der Waals surface area contributed by atoms with E-state index in [1.54, 1.807) is 10.9 Å². The van der Waals surface area contributed by atoms with Gasteiger partial charge < -0.3 is 4.74 Å². The van der Waals surface area contributed by atoms with Crippen molar-refractivity contribution < 1.29 is 4.74 Å². The van der Waals surface area contributed by atoms with Crippen molar-refractivity contribution in [2.75, 3.05) is 0 Å². The molecule has 0 spiro atoms. The van der Waals surface area contributed by atoms with Gasteiger partial charge in [-0.3, -0.25) is 0 Å². The van der Waals surface area contributed by atoms with Crippen LogP contribution in [0.5, 0.6) is 5.75 Å². The van der Waals surface area contributed by atoms with E-state index in [4.69, 9.17) is 17.0 Å². The summed E-state index contributed by atoms with van der Waals surface area (Å²) in [4.78, 5) is 0. The molecule has 1 N–H and O–H groups in total. The van der Waals surface area contributed by atoms with Crippen molar-refractivity contribution in [2.45, 2.75) is 40.2 Å². The number of ether oxygens (including phenoxy) is 1. The van der Waals surface area contributed by atoms with Gasteiger partial charge in [-0.1, -0.05) is 55.8 Å². The van der Waals surface area contributed by atoms with Crippen molar-refractivity contribution >= 4 is 18.4 Å². The molecule has 0 aliphatic rings. The Kier molecular flexibility index (Phi) is 5.86. The van der Waals surface area contributed by atoms with Crippen molar-refractivity contribution in [1.82, 2.24) is 14.9 Å². The molecule has 140 valence electrons. The Morgan fingerprint density at radius 1 is 1.15 bits per heavy atom. The van der Waals surface area contributed by atoms with Crippen molar-refractivity contribution in [3.8, 4) is 5.75 Å². The molecule has 0 radical (unpaired) electrons. The summed E-state index contributed by atoms with van der Waals surface area (Å²) in [6, 6.07) is 14.4. The third-order valence-corrected chi connectivity index (χ3v) is 4.53. The number of hydrogen-bond acceptors (Lipinski definition) is 4. The second kappa shape index (κ2) is 8.31. The molecule has 1 heterocycles. The highest BCUT2D eigenvalue weighted by atomic mass is 32.1. The number of nitrogens with zero attached hydrogens (tertiary/aromatic N) is 3. The van der Waals surface area contributed by atoms with Gasteiger partial charge in [-0.25, -0.2) is 5.10 Å². The predicted octanol–water partition coefficient (Wildman–Crippen LogP) is 5.14. The normalized spacial score (nSPS) is 11.4. The maximum absolute atomic E-state index is 6.06. The average Bonchev–Trinajstić information content (AvgIpc) is 2.99. The van der Waals surface area contributed by atoms with Gasteiger partial charge in [0.25, 0.3) is 0 Å². The van der Waals surface area contributed by atoms with Crippen molar-refractivity contribution in [2.24, 2.45) is 5.10 Å². The molecule has 0 saturated heterocycles. The van der Waals surface area contributed by atoms with Gasteiger partial charge in [0.2, 0.25) is 4.77 Å². The molecule has 0 fully saturated rings. The average molecular weight is 381 g/mol. The van der Waals surface area contributed by atoms with E-state index in [9.17, 15) is 0 Å². The zero-order valence-electron chi connectivity index (χ0n) is 16.1. The van der Waals surface area contributed by atoms with E-state index in [0.29, 0.717) is 16.5 Å². The second-order valence-electron chi connectivity index (χ2n) is 6.90. The van der Waals surface area contributed by atoms with Crippen LogP contribution >= 0.6 is 12.2 Å². The van der Waals surface area contributed by atoms with Gasteiger partial charge in [0, 0.05) is 0 Å². The maximum Gasteiger partial charge on any atom is 0.216 e. The molecule has 0 unspecified atom stereocenters. The third kappa shape index (κ3) is 4.71. The molecule has 0 aliphatic heterocycles. The maximum atomic E-state index is 6.06. The first-order valence-electron chi connectivity index (χ1n) is 8.94. The lowest BCUT2D eigenvalue weighted by Gasteiger charge is -2.14. The fourth-order valence-electron chi connectivity index (χ4n) is 2.70. The van der Waals surface area contributed by atoms with Gasteiger partial charge in [-0.15, -0.1) is 0 Å². The van der Waals surface area contributed by atoms with Crippen LogP contribution in [0.4, 0.5) is 0 Å². The van der Waals surface area contributed by atoms with E-state index in [0.717, 1.165) is 16.9 Å². The molecule has 3 rings (SSSR count). The number of hydrogen-bond donors (Lipinski definition) is 1. The molecule has 3 aromatic rings. The first-order chi connectivity index (χ1) is 12.9. The summed E-state index contributed by atoms with van der Waals surface area (Å²) in [5, 5.41) is 11.5. The number of nitrogens with one attached hydrogen (secondary N) is 1. The van der Waals surface area contributed by atoms with Crippen LogP contribution in [0.1, 0.15) is 47.8 Å². The first-order valence-corrected chi connectivity index (χ1v) is 9.35. The zero-order valence-corrected chi connectivity index (χ0v) is 16.9. The number of rotatable bonds is 6. The first kappa shape index (κ1) is 19.0. The Hall–Kier alpha value is -2.73. The highest BCUT2D eigenvalue weighted by Gasteiger charge is 2.11. The van der Waals surface area contributed by atoms with Crippen LogP contribution in [0.25, 0.3) is 0 Å². The lowest BCUT2D eigenvalue weighted by Crippen LogP contribution is -2.06. The smallest absolute Gasteiger partial charge is 0.216 e. The Balaban J connectivity index is 1.80. The second-order valence-corrected chi connectivity index (χ2v) is 7.28. The molecule has 0 aliphatic carbocycles. The van der Waals surface area contributed by atoms with Gasteiger partial charge in [0.05, 0.1) is 6.21 Å². The SMILES string of the molecule is Cc1ccc(/C=N\n2c(COc3cc(C)ccc3C(C)C)n[nH]c2=S)cc1. The minimum atomic E-state index is 0.279. The van der Waals surface area contributed by atoms with Gasteiger partial charge in [0.15, 0.2) is 5.82 Å². The molecule has 0 atom stereocenters. The number of aryl methyl sites for hydroxylation is 2. The van der Waals surface area contributed by atoms with Crippen LogP contribution < -0.4 is 4.74 Å². The van der Waals surface area contributed by atoms with E-state index in [-0.39, 0.29) is 6.61 Å². The van der Waals surface area contributed by atoms with Gasteiger partial charge in [-0.2, -0.15) is 14.9 Å². The minimum Gasteiger partial charge on any atom is -0.485 e. The standard InChI is InChI=1S/C21H24N4OS/c1-14(2)18-10-7-16(4)11-19(18)26-13-20-23-24-21(27)25(20)22-12-17-8-5-15(3)6-9-17/h5-12,14H,13H2,1-4H3,(H,24,27)/b22-12-. The van der Waals surface area contributed by atoms with Crippen LogP contribution in [0.3, 0.4) is 0 Å². The molecule has 27 heavy (non-hydrogen) atoms. The van der Waals surface area contributed by atoms with E-state index in [1.165, 1.54) is 11.1 Å². The molecule has 1 aromatic heterocycles. The van der Waals surface area contributed by atoms with E-state index in [2.05, 4.69) is 61.2 Å². The van der Waals surface area contributed by atoms with Crippen molar-refractivity contribution in [3.63, 3.8) is 0 Å². The monoisotopic (exact) mass is 380 g/mol. The lowest BCUT2D eigenvalue weighted by molar-refractivity contribution is 0.286. The number of H-pyrrole nitrogens is 1. The van der Waals surface area contributed by atoms with E-state index < -0.39 is 0 Å². The van der Waals surface area contributed by atoms with Crippen LogP contribution in [-0.2, 0) is 6.61 Å². The van der Waals surface area contributed by atoms with Gasteiger partial charge in [-0.05, 0) is 54.7 Å². The molecular weight excluding hydrogens is 356 g/mol. The summed E-state index contributed by atoms with van der Waals surface area (Å²) in [6.45, 7) is 8.69. The summed E-state index contributed by atoms with van der Waals surface area (Å²) in [6.07, 6.45) is 1.76. The third-order valence-electron chi connectivity index (χ3n) is 4.26. The lowest BCUT2D eigenvalue weighted by atomic mass is 10.0. The van der Waals surface area contributed by atoms with Crippen LogP contribution in [0.2, 0.25) is 0 Å². The predicted molar refractivity (Wildman–Crippen MR) is 111 cm³/mol. The fourth-order valence-corrected chi connectivity index (χ4v) is 2.90. The fraction of sp³-hybridized carbons (Fsp3) is 0.286. The Bertz CT molecular complexity index is 1000. The van der Waals surface area contributed by atoms with E-state index in [1.807, 2.05) is 24.3 Å². The molecular formula is C21H24N4OS. The Morgan fingerprint density at radius 3 is 2.56 bits per heavy atom. The van der Waals surface area contributed by atoms with Crippen molar-refractivity contribution in [3.05, 3.63) is 75.3 Å². The van der Waals surface area contributed by atoms with E-state index >= 15 is 0 Å². The summed E-state index contributed by atoms with van der Waals surface area (Å²) in [5.74, 6) is 1.87. The molecule has 0 amide bonds. The van der Waals surface area contributed by atoms with Crippen LogP contribution in [-0.4, -0.2) is 21.1 Å². The van der Waals surface area contributed by atoms with Gasteiger partial charge >= 0.3 is 0 Å². The minimum absolute atomic E-state index is 0.279. The summed E-state index contributed by atoms with van der Waals surface area (Å²) >= 11 is 5.30. The molecule has 0 bridgehead atoms. The summed E-state index contributed by atoms with van der Waals surface area (Å²) < 4.78 is 8.10. The molecule has 2 aromatic carbocycles. The summed E-state index contributed by atoms with van der Waals surface area (Å²) in [7, 11) is 0. The highest BCUT2D eigenvalue weighted by Crippen LogP contribution is 2.28. The Labute approximate surface area is 164 Å². The zero-order chi connectivity index (χ0) is 19.4. The number of benzene rings is 2. The summed E-state index contributed by atoms with van der Waals surface area (Å²) in [5.41, 5.74) is 4.53. The quantitative estimate of drug-likeness (QED) is 0.476. The van der Waals surface area contributed by atoms with Gasteiger partial charge in [0.1, 0.15) is 12.4 Å². The molecule has 0 saturated carbocycles. The highest BCUT2D eigenvalue weighted by molar-refractivity contribution is 7.71. The largest absolute Gasteiger partial charge is 0.485 e. The number of aromatic nitrogens is 3. The van der Waals surface area contributed by atoms with Crippen molar-refractivity contribution in [1.29, 1.82) is 0 Å². The van der Waals surface area contributed by atoms with Crippen LogP contribution in [0, 0.1) is 18.6 Å². The molecule has 6 heteroatoms. The van der Waals surface area contributed by atoms with Crippen LogP contribution in [0.15, 0.2) is 47.6 Å². The topological polar surface area (TPSA) is 55.2 Å².